The predicted octanol–water partition coefficient (Wildman–Crippen LogP) is 3.19. The first-order valence-electron chi connectivity index (χ1n) is 5.89. The van der Waals surface area contributed by atoms with Gasteiger partial charge < -0.3 is 0 Å². The second kappa shape index (κ2) is 5.72. The molecule has 1 aromatic carbocycles. The van der Waals surface area contributed by atoms with Gasteiger partial charge >= 0.3 is 0 Å². The molecule has 0 N–H and O–H groups in total. The van der Waals surface area contributed by atoms with Crippen LogP contribution < -0.4 is 0 Å². The van der Waals surface area contributed by atoms with Gasteiger partial charge in [0.2, 0.25) is 0 Å². The fraction of sp³-hybridized carbons (Fsp3) is 0.429. The second-order valence-corrected chi connectivity index (χ2v) is 4.17. The number of hydrogen-bond donors (Lipinski definition) is 0. The molecule has 1 saturated heterocycles. The smallest absolute Gasteiger partial charge is 0.0166 e. The fourth-order valence-corrected chi connectivity index (χ4v) is 2.04. The Hall–Kier alpha value is -1.08. The summed E-state index contributed by atoms with van der Waals surface area (Å²) < 4.78 is 0. The molecule has 80 valence electrons. The van der Waals surface area contributed by atoms with Crippen LogP contribution in [0.25, 0.3) is 6.08 Å². The zero-order valence-corrected chi connectivity index (χ0v) is 9.23. The maximum Gasteiger partial charge on any atom is 0.0166 e. The van der Waals surface area contributed by atoms with E-state index in [-0.39, 0.29) is 0 Å². The number of benzene rings is 1. The van der Waals surface area contributed by atoms with Gasteiger partial charge in [-0.05, 0) is 31.5 Å². The van der Waals surface area contributed by atoms with Gasteiger partial charge in [-0.3, -0.25) is 4.90 Å². The molecule has 0 saturated carbocycles. The average Bonchev–Trinajstić information content (AvgIpc) is 2.32. The third kappa shape index (κ3) is 3.52. The minimum Gasteiger partial charge on any atom is -0.300 e. The zero-order chi connectivity index (χ0) is 10.3. The van der Waals surface area contributed by atoms with E-state index in [1.54, 1.807) is 0 Å². The Labute approximate surface area is 92.4 Å². The predicted molar refractivity (Wildman–Crippen MR) is 65.8 cm³/mol. The first kappa shape index (κ1) is 10.4. The van der Waals surface area contributed by atoms with Gasteiger partial charge in [-0.15, -0.1) is 0 Å². The summed E-state index contributed by atoms with van der Waals surface area (Å²) in [6, 6.07) is 10.5. The molecular weight excluding hydrogens is 182 g/mol. The van der Waals surface area contributed by atoms with Crippen molar-refractivity contribution in [3.63, 3.8) is 0 Å². The van der Waals surface area contributed by atoms with Gasteiger partial charge in [0.1, 0.15) is 0 Å². The molecule has 0 aromatic heterocycles. The quantitative estimate of drug-likeness (QED) is 0.726. The molecule has 0 bridgehead atoms. The maximum absolute atomic E-state index is 2.53. The highest BCUT2D eigenvalue weighted by atomic mass is 15.1. The summed E-state index contributed by atoms with van der Waals surface area (Å²) in [5, 5.41) is 0. The first-order valence-corrected chi connectivity index (χ1v) is 5.89. The Bertz CT molecular complexity index is 296. The second-order valence-electron chi connectivity index (χ2n) is 4.17. The van der Waals surface area contributed by atoms with E-state index in [0.717, 1.165) is 6.54 Å². The van der Waals surface area contributed by atoms with E-state index in [0.29, 0.717) is 0 Å². The molecule has 1 nitrogen and oxygen atoms in total. The third-order valence-corrected chi connectivity index (χ3v) is 2.92. The average molecular weight is 201 g/mol. The molecule has 0 spiro atoms. The SMILES string of the molecule is C(=C\c1ccccc1)/CN1CCCCC1. The standard InChI is InChI=1S/C14H19N/c1-3-8-14(9-4-1)10-7-13-15-11-5-2-6-12-15/h1,3-4,7-10H,2,5-6,11-13H2/b10-7+. The molecule has 0 atom stereocenters. The highest BCUT2D eigenvalue weighted by Gasteiger charge is 2.06. The molecule has 0 amide bonds. The molecule has 15 heavy (non-hydrogen) atoms. The molecule has 1 aromatic rings. The number of piperidine rings is 1. The topological polar surface area (TPSA) is 3.24 Å². The molecular formula is C14H19N. The van der Waals surface area contributed by atoms with Crippen LogP contribution >= 0.6 is 0 Å². The molecule has 1 fully saturated rings. The lowest BCUT2D eigenvalue weighted by Gasteiger charge is -2.24. The Morgan fingerprint density at radius 3 is 2.47 bits per heavy atom. The minimum atomic E-state index is 1.11. The summed E-state index contributed by atoms with van der Waals surface area (Å²) in [5.41, 5.74) is 1.30. The van der Waals surface area contributed by atoms with Crippen LogP contribution in [0.1, 0.15) is 24.8 Å². The monoisotopic (exact) mass is 201 g/mol. The van der Waals surface area contributed by atoms with Crippen molar-refractivity contribution in [2.75, 3.05) is 19.6 Å². The minimum absolute atomic E-state index is 1.11. The van der Waals surface area contributed by atoms with Crippen LogP contribution in [-0.4, -0.2) is 24.5 Å². The molecule has 1 heterocycles. The van der Waals surface area contributed by atoms with Crippen LogP contribution in [0.5, 0.6) is 0 Å². The van der Waals surface area contributed by atoms with Crippen LogP contribution in [0.2, 0.25) is 0 Å². The van der Waals surface area contributed by atoms with Gasteiger partial charge in [0, 0.05) is 6.54 Å². The molecule has 0 aliphatic carbocycles. The van der Waals surface area contributed by atoms with Crippen molar-refractivity contribution in [2.45, 2.75) is 19.3 Å². The van der Waals surface area contributed by atoms with Crippen LogP contribution in [-0.2, 0) is 0 Å². The van der Waals surface area contributed by atoms with Gasteiger partial charge in [0.05, 0.1) is 0 Å². The first-order chi connectivity index (χ1) is 7.45. The van der Waals surface area contributed by atoms with E-state index in [1.807, 2.05) is 0 Å². The van der Waals surface area contributed by atoms with Crippen molar-refractivity contribution in [2.24, 2.45) is 0 Å². The molecule has 1 aliphatic heterocycles. The molecule has 2 rings (SSSR count). The molecule has 0 radical (unpaired) electrons. The summed E-state index contributed by atoms with van der Waals surface area (Å²) in [5.74, 6) is 0. The van der Waals surface area contributed by atoms with Gasteiger partial charge in [0.25, 0.3) is 0 Å². The Kier molecular flexibility index (Phi) is 3.98. The summed E-state index contributed by atoms with van der Waals surface area (Å²) in [6.07, 6.45) is 8.66. The highest BCUT2D eigenvalue weighted by Crippen LogP contribution is 2.08. The Morgan fingerprint density at radius 2 is 1.73 bits per heavy atom. The number of nitrogens with zero attached hydrogens (tertiary/aromatic N) is 1. The lowest BCUT2D eigenvalue weighted by Crippen LogP contribution is -2.29. The van der Waals surface area contributed by atoms with E-state index in [9.17, 15) is 0 Å². The van der Waals surface area contributed by atoms with Crippen molar-refractivity contribution in [3.05, 3.63) is 42.0 Å². The normalized spacial score (nSPS) is 18.4. The largest absolute Gasteiger partial charge is 0.300 e. The van der Waals surface area contributed by atoms with Crippen molar-refractivity contribution in [1.82, 2.24) is 4.90 Å². The van der Waals surface area contributed by atoms with Crippen molar-refractivity contribution < 1.29 is 0 Å². The number of hydrogen-bond acceptors (Lipinski definition) is 1. The Morgan fingerprint density at radius 1 is 1.00 bits per heavy atom. The van der Waals surface area contributed by atoms with Crippen LogP contribution in [0.15, 0.2) is 36.4 Å². The maximum atomic E-state index is 2.53. The van der Waals surface area contributed by atoms with Crippen molar-refractivity contribution in [3.8, 4) is 0 Å². The van der Waals surface area contributed by atoms with Gasteiger partial charge in [-0.1, -0.05) is 48.9 Å². The lowest BCUT2D eigenvalue weighted by molar-refractivity contribution is 0.252. The molecule has 1 heteroatoms. The summed E-state index contributed by atoms with van der Waals surface area (Å²) in [6.45, 7) is 3.66. The van der Waals surface area contributed by atoms with E-state index in [1.165, 1.54) is 37.9 Å². The van der Waals surface area contributed by atoms with E-state index < -0.39 is 0 Å². The van der Waals surface area contributed by atoms with E-state index in [2.05, 4.69) is 47.4 Å². The summed E-state index contributed by atoms with van der Waals surface area (Å²) in [4.78, 5) is 2.53. The summed E-state index contributed by atoms with van der Waals surface area (Å²) in [7, 11) is 0. The van der Waals surface area contributed by atoms with E-state index >= 15 is 0 Å². The van der Waals surface area contributed by atoms with Crippen molar-refractivity contribution in [1.29, 1.82) is 0 Å². The fourth-order valence-electron chi connectivity index (χ4n) is 2.04. The van der Waals surface area contributed by atoms with Crippen LogP contribution in [0.3, 0.4) is 0 Å². The van der Waals surface area contributed by atoms with Crippen LogP contribution in [0, 0.1) is 0 Å². The van der Waals surface area contributed by atoms with Gasteiger partial charge in [-0.25, -0.2) is 0 Å². The lowest BCUT2D eigenvalue weighted by atomic mass is 10.1. The Balaban J connectivity index is 1.79. The molecule has 0 unspecified atom stereocenters. The summed E-state index contributed by atoms with van der Waals surface area (Å²) >= 11 is 0. The zero-order valence-electron chi connectivity index (χ0n) is 9.23. The number of rotatable bonds is 3. The number of likely N-dealkylation sites (tertiary alicyclic amines) is 1. The van der Waals surface area contributed by atoms with Gasteiger partial charge in [0.15, 0.2) is 0 Å². The molecule has 1 aliphatic rings. The van der Waals surface area contributed by atoms with Crippen LogP contribution in [0.4, 0.5) is 0 Å². The third-order valence-electron chi connectivity index (χ3n) is 2.92. The van der Waals surface area contributed by atoms with Crippen molar-refractivity contribution >= 4 is 6.08 Å². The van der Waals surface area contributed by atoms with E-state index in [4.69, 9.17) is 0 Å². The van der Waals surface area contributed by atoms with Gasteiger partial charge in [-0.2, -0.15) is 0 Å². The highest BCUT2D eigenvalue weighted by molar-refractivity contribution is 5.48.